The molecule has 1 aliphatic rings. The van der Waals surface area contributed by atoms with Gasteiger partial charge in [-0.15, -0.1) is 12.4 Å². The minimum atomic E-state index is -0.610. The van der Waals surface area contributed by atoms with E-state index in [1.54, 1.807) is 7.11 Å². The zero-order valence-corrected chi connectivity index (χ0v) is 12.0. The van der Waals surface area contributed by atoms with Gasteiger partial charge in [-0.2, -0.15) is 0 Å². The van der Waals surface area contributed by atoms with Crippen LogP contribution in [0.2, 0.25) is 0 Å². The van der Waals surface area contributed by atoms with Crippen molar-refractivity contribution >= 4 is 18.3 Å². The number of carbonyl (C=O) groups is 1. The monoisotopic (exact) mass is 284 g/mol. The second-order valence-corrected chi connectivity index (χ2v) is 4.83. The summed E-state index contributed by atoms with van der Waals surface area (Å²) in [6.07, 6.45) is 3.41. The summed E-state index contributed by atoms with van der Waals surface area (Å²) in [6.45, 7) is 0.595. The molecular formula is C14H21ClN2O2. The number of nitrogens with two attached hydrogens (primary N) is 1. The lowest BCUT2D eigenvalue weighted by Gasteiger charge is -2.36. The summed E-state index contributed by atoms with van der Waals surface area (Å²) in [7, 11) is 1.65. The third-order valence-corrected chi connectivity index (χ3v) is 3.57. The summed E-state index contributed by atoms with van der Waals surface area (Å²) in [6, 6.07) is 7.83. The van der Waals surface area contributed by atoms with E-state index in [0.29, 0.717) is 6.54 Å². The maximum Gasteiger partial charge on any atom is 0.240 e. The van der Waals surface area contributed by atoms with Crippen LogP contribution in [0.25, 0.3) is 0 Å². The molecule has 0 spiro atoms. The molecule has 3 N–H and O–H groups in total. The molecule has 1 aromatic rings. The lowest BCUT2D eigenvalue weighted by Crippen LogP contribution is -2.58. The molecule has 19 heavy (non-hydrogen) atoms. The number of hydrogen-bond donors (Lipinski definition) is 2. The van der Waals surface area contributed by atoms with Crippen LogP contribution < -0.4 is 15.8 Å². The van der Waals surface area contributed by atoms with Gasteiger partial charge in [-0.3, -0.25) is 4.79 Å². The van der Waals surface area contributed by atoms with Crippen LogP contribution in [0.3, 0.4) is 0 Å². The fourth-order valence-electron chi connectivity index (χ4n) is 2.18. The fourth-order valence-corrected chi connectivity index (χ4v) is 2.18. The second kappa shape index (κ2) is 6.78. The van der Waals surface area contributed by atoms with Gasteiger partial charge in [0.05, 0.1) is 12.6 Å². The Morgan fingerprint density at radius 3 is 2.68 bits per heavy atom. The molecule has 0 heterocycles. The molecule has 0 unspecified atom stereocenters. The van der Waals surface area contributed by atoms with E-state index < -0.39 is 5.54 Å². The second-order valence-electron chi connectivity index (χ2n) is 4.83. The van der Waals surface area contributed by atoms with Gasteiger partial charge in [0.1, 0.15) is 5.75 Å². The maximum absolute atomic E-state index is 11.8. The van der Waals surface area contributed by atoms with Crippen LogP contribution >= 0.6 is 12.4 Å². The summed E-state index contributed by atoms with van der Waals surface area (Å²) in [5.41, 5.74) is 6.43. The Morgan fingerprint density at radius 1 is 1.42 bits per heavy atom. The molecular weight excluding hydrogens is 264 g/mol. The standard InChI is InChI=1S/C14H20N2O2.ClH/c1-18-12-6-3-2-5-11(12)7-10-16-13(17)14(15)8-4-9-14;/h2-3,5-6H,4,7-10,15H2,1H3,(H,16,17);1H. The number of nitrogens with one attached hydrogen (secondary N) is 1. The van der Waals surface area contributed by atoms with E-state index in [2.05, 4.69) is 5.32 Å². The third-order valence-electron chi connectivity index (χ3n) is 3.57. The first-order chi connectivity index (χ1) is 8.65. The SMILES string of the molecule is COc1ccccc1CCNC(=O)C1(N)CCC1.Cl. The lowest BCUT2D eigenvalue weighted by molar-refractivity contribution is -0.129. The smallest absolute Gasteiger partial charge is 0.240 e. The van der Waals surface area contributed by atoms with Gasteiger partial charge in [0.25, 0.3) is 0 Å². The predicted octanol–water partition coefficient (Wildman–Crippen LogP) is 1.66. The average Bonchev–Trinajstić information content (AvgIpc) is 2.36. The number of ether oxygens (including phenoxy) is 1. The van der Waals surface area contributed by atoms with Gasteiger partial charge in [-0.1, -0.05) is 18.2 Å². The molecule has 0 aromatic heterocycles. The normalized spacial score (nSPS) is 15.9. The number of carbonyl (C=O) groups excluding carboxylic acids is 1. The third kappa shape index (κ3) is 3.61. The summed E-state index contributed by atoms with van der Waals surface area (Å²) in [4.78, 5) is 11.8. The summed E-state index contributed by atoms with van der Waals surface area (Å²) in [5.74, 6) is 0.835. The zero-order valence-electron chi connectivity index (χ0n) is 11.1. The van der Waals surface area contributed by atoms with Crippen LogP contribution in [0.1, 0.15) is 24.8 Å². The summed E-state index contributed by atoms with van der Waals surface area (Å²) in [5, 5.41) is 2.91. The van der Waals surface area contributed by atoms with Crippen molar-refractivity contribution in [2.45, 2.75) is 31.2 Å². The van der Waals surface area contributed by atoms with Crippen molar-refractivity contribution in [1.82, 2.24) is 5.32 Å². The number of amides is 1. The fraction of sp³-hybridized carbons (Fsp3) is 0.500. The van der Waals surface area contributed by atoms with Crippen molar-refractivity contribution in [3.63, 3.8) is 0 Å². The van der Waals surface area contributed by atoms with Crippen LogP contribution in [0.4, 0.5) is 0 Å². The Bertz CT molecular complexity index is 433. The van der Waals surface area contributed by atoms with E-state index in [1.807, 2.05) is 24.3 Å². The van der Waals surface area contributed by atoms with E-state index in [-0.39, 0.29) is 18.3 Å². The molecule has 1 fully saturated rings. The topological polar surface area (TPSA) is 64.3 Å². The van der Waals surface area contributed by atoms with Gasteiger partial charge in [0.15, 0.2) is 0 Å². The minimum Gasteiger partial charge on any atom is -0.496 e. The highest BCUT2D eigenvalue weighted by atomic mass is 35.5. The van der Waals surface area contributed by atoms with Gasteiger partial charge < -0.3 is 15.8 Å². The van der Waals surface area contributed by atoms with Crippen molar-refractivity contribution in [1.29, 1.82) is 0 Å². The molecule has 1 aromatic carbocycles. The molecule has 4 nitrogen and oxygen atoms in total. The first-order valence-electron chi connectivity index (χ1n) is 6.35. The first kappa shape index (κ1) is 15.8. The largest absolute Gasteiger partial charge is 0.496 e. The van der Waals surface area contributed by atoms with Gasteiger partial charge in [-0.05, 0) is 37.3 Å². The minimum absolute atomic E-state index is 0. The molecule has 0 atom stereocenters. The summed E-state index contributed by atoms with van der Waals surface area (Å²) >= 11 is 0. The number of benzene rings is 1. The molecule has 1 saturated carbocycles. The molecule has 0 bridgehead atoms. The van der Waals surface area contributed by atoms with Gasteiger partial charge in [0, 0.05) is 6.54 Å². The van der Waals surface area contributed by atoms with Gasteiger partial charge in [-0.25, -0.2) is 0 Å². The summed E-state index contributed by atoms with van der Waals surface area (Å²) < 4.78 is 5.27. The zero-order chi connectivity index (χ0) is 13.0. The number of rotatable bonds is 5. The highest BCUT2D eigenvalue weighted by molar-refractivity contribution is 5.87. The molecule has 0 radical (unpaired) electrons. The quantitative estimate of drug-likeness (QED) is 0.864. The predicted molar refractivity (Wildman–Crippen MR) is 77.7 cm³/mol. The molecule has 5 heteroatoms. The van der Waals surface area contributed by atoms with E-state index >= 15 is 0 Å². The van der Waals surface area contributed by atoms with Crippen molar-refractivity contribution in [3.05, 3.63) is 29.8 Å². The van der Waals surface area contributed by atoms with E-state index in [9.17, 15) is 4.79 Å². The molecule has 0 saturated heterocycles. The Balaban J connectivity index is 0.00000180. The number of hydrogen-bond acceptors (Lipinski definition) is 3. The van der Waals surface area contributed by atoms with Crippen molar-refractivity contribution < 1.29 is 9.53 Å². The van der Waals surface area contributed by atoms with Crippen LogP contribution in [-0.4, -0.2) is 25.1 Å². The van der Waals surface area contributed by atoms with Crippen molar-refractivity contribution in [2.24, 2.45) is 5.73 Å². The highest BCUT2D eigenvalue weighted by Gasteiger charge is 2.39. The number of halogens is 1. The highest BCUT2D eigenvalue weighted by Crippen LogP contribution is 2.29. The Labute approximate surface area is 120 Å². The number of methoxy groups -OCH3 is 1. The van der Waals surface area contributed by atoms with E-state index in [0.717, 1.165) is 37.0 Å². The maximum atomic E-state index is 11.8. The molecule has 0 aliphatic heterocycles. The van der Waals surface area contributed by atoms with E-state index in [1.165, 1.54) is 0 Å². The Morgan fingerprint density at radius 2 is 2.11 bits per heavy atom. The van der Waals surface area contributed by atoms with Crippen LogP contribution in [-0.2, 0) is 11.2 Å². The van der Waals surface area contributed by atoms with E-state index in [4.69, 9.17) is 10.5 Å². The Hall–Kier alpha value is -1.26. The van der Waals surface area contributed by atoms with Crippen molar-refractivity contribution in [2.75, 3.05) is 13.7 Å². The molecule has 1 aliphatic carbocycles. The van der Waals surface area contributed by atoms with Crippen LogP contribution in [0.5, 0.6) is 5.75 Å². The molecule has 106 valence electrons. The van der Waals surface area contributed by atoms with Crippen molar-refractivity contribution in [3.8, 4) is 5.75 Å². The lowest BCUT2D eigenvalue weighted by atomic mass is 9.77. The molecule has 2 rings (SSSR count). The van der Waals surface area contributed by atoms with Crippen LogP contribution in [0, 0.1) is 0 Å². The average molecular weight is 285 g/mol. The first-order valence-corrected chi connectivity index (χ1v) is 6.35. The van der Waals surface area contributed by atoms with Crippen LogP contribution in [0.15, 0.2) is 24.3 Å². The van der Waals surface area contributed by atoms with Gasteiger partial charge in [0.2, 0.25) is 5.91 Å². The van der Waals surface area contributed by atoms with Gasteiger partial charge >= 0.3 is 0 Å². The number of para-hydroxylation sites is 1. The Kier molecular flexibility index (Phi) is 5.63. The molecule has 1 amide bonds.